The van der Waals surface area contributed by atoms with E-state index in [1.54, 1.807) is 0 Å². The maximum atomic E-state index is 9.57. The minimum Gasteiger partial charge on any atom is -0.376 e. The van der Waals surface area contributed by atoms with Crippen molar-refractivity contribution in [3.63, 3.8) is 0 Å². The third kappa shape index (κ3) is 10.2. The van der Waals surface area contributed by atoms with Crippen LogP contribution in [0.1, 0.15) is 78.1 Å². The number of nitrogens with two attached hydrogens (primary N) is 1. The second kappa shape index (κ2) is 9.17. The highest BCUT2D eigenvalue weighted by molar-refractivity contribution is 4.67. The number of rotatable bonds is 10. The van der Waals surface area contributed by atoms with Crippen LogP contribution in [0.5, 0.6) is 0 Å². The van der Waals surface area contributed by atoms with Crippen LogP contribution < -0.4 is 5.73 Å². The zero-order valence-corrected chi connectivity index (χ0v) is 10.6. The molecule has 0 spiro atoms. The normalized spacial score (nSPS) is 15.2. The van der Waals surface area contributed by atoms with Crippen LogP contribution in [0, 0.1) is 0 Å². The lowest BCUT2D eigenvalue weighted by atomic mass is 10.0. The second-order valence-corrected chi connectivity index (χ2v) is 4.68. The monoisotopic (exact) mass is 215 g/mol. The van der Waals surface area contributed by atoms with Crippen molar-refractivity contribution in [3.05, 3.63) is 0 Å². The summed E-state index contributed by atoms with van der Waals surface area (Å²) >= 11 is 0. The van der Waals surface area contributed by atoms with Crippen LogP contribution in [-0.4, -0.2) is 10.8 Å². The highest BCUT2D eigenvalue weighted by Gasteiger charge is 2.16. The quantitative estimate of drug-likeness (QED) is 0.432. The third-order valence-electron chi connectivity index (χ3n) is 3.08. The zero-order valence-electron chi connectivity index (χ0n) is 10.6. The molecule has 92 valence electrons. The van der Waals surface area contributed by atoms with Gasteiger partial charge >= 0.3 is 0 Å². The molecular weight excluding hydrogens is 186 g/mol. The van der Waals surface area contributed by atoms with Gasteiger partial charge < -0.3 is 10.8 Å². The fourth-order valence-corrected chi connectivity index (χ4v) is 1.74. The molecule has 0 aliphatic carbocycles. The molecule has 0 aromatic heterocycles. The molecule has 0 bridgehead atoms. The standard InChI is InChI=1S/C13H29NO/c1-3-5-6-7-8-9-10-11-12-13(14,15)4-2/h15H,3-12,14H2,1-2H3. The lowest BCUT2D eigenvalue weighted by Gasteiger charge is -2.20. The van der Waals surface area contributed by atoms with Gasteiger partial charge in [-0.15, -0.1) is 0 Å². The topological polar surface area (TPSA) is 46.2 Å². The Labute approximate surface area is 95.3 Å². The van der Waals surface area contributed by atoms with Crippen molar-refractivity contribution < 1.29 is 5.11 Å². The summed E-state index contributed by atoms with van der Waals surface area (Å²) in [6.45, 7) is 4.18. The van der Waals surface area contributed by atoms with Crippen molar-refractivity contribution in [1.29, 1.82) is 0 Å². The van der Waals surface area contributed by atoms with Gasteiger partial charge in [0.05, 0.1) is 0 Å². The molecule has 0 fully saturated rings. The van der Waals surface area contributed by atoms with Crippen molar-refractivity contribution in [3.8, 4) is 0 Å². The fourth-order valence-electron chi connectivity index (χ4n) is 1.74. The molecule has 2 heteroatoms. The minimum absolute atomic E-state index is 0.656. The Balaban J connectivity index is 3.11. The maximum Gasteiger partial charge on any atom is 0.113 e. The van der Waals surface area contributed by atoms with E-state index in [2.05, 4.69) is 6.92 Å². The van der Waals surface area contributed by atoms with E-state index in [1.807, 2.05) is 6.92 Å². The van der Waals surface area contributed by atoms with E-state index in [0.717, 1.165) is 12.8 Å². The largest absolute Gasteiger partial charge is 0.376 e. The Kier molecular flexibility index (Phi) is 9.12. The Bertz CT molecular complexity index is 134. The summed E-state index contributed by atoms with van der Waals surface area (Å²) in [5.74, 6) is 0. The molecule has 1 unspecified atom stereocenters. The zero-order chi connectivity index (χ0) is 11.6. The molecule has 1 atom stereocenters. The number of unbranched alkanes of at least 4 members (excludes halogenated alkanes) is 7. The molecule has 0 rings (SSSR count). The molecule has 0 aromatic rings. The van der Waals surface area contributed by atoms with Crippen LogP contribution in [0.3, 0.4) is 0 Å². The Morgan fingerprint density at radius 2 is 1.33 bits per heavy atom. The summed E-state index contributed by atoms with van der Waals surface area (Å²) < 4.78 is 0. The maximum absolute atomic E-state index is 9.57. The van der Waals surface area contributed by atoms with Gasteiger partial charge in [-0.05, 0) is 19.3 Å². The number of hydrogen-bond donors (Lipinski definition) is 2. The summed E-state index contributed by atoms with van der Waals surface area (Å²) in [4.78, 5) is 0. The van der Waals surface area contributed by atoms with Crippen molar-refractivity contribution in [2.45, 2.75) is 83.8 Å². The molecule has 0 saturated heterocycles. The molecule has 0 saturated carbocycles. The molecule has 0 aliphatic rings. The Morgan fingerprint density at radius 1 is 0.867 bits per heavy atom. The first-order valence-corrected chi connectivity index (χ1v) is 6.63. The average molecular weight is 215 g/mol. The van der Waals surface area contributed by atoms with E-state index in [-0.39, 0.29) is 0 Å². The van der Waals surface area contributed by atoms with Crippen molar-refractivity contribution in [2.75, 3.05) is 0 Å². The van der Waals surface area contributed by atoms with Gasteiger partial charge in [0.15, 0.2) is 0 Å². The molecule has 15 heavy (non-hydrogen) atoms. The van der Waals surface area contributed by atoms with Gasteiger partial charge in [-0.1, -0.05) is 58.8 Å². The van der Waals surface area contributed by atoms with Crippen LogP contribution in [0.4, 0.5) is 0 Å². The Morgan fingerprint density at radius 3 is 1.80 bits per heavy atom. The third-order valence-corrected chi connectivity index (χ3v) is 3.08. The smallest absolute Gasteiger partial charge is 0.113 e. The van der Waals surface area contributed by atoms with Crippen LogP contribution in [0.2, 0.25) is 0 Å². The number of aliphatic hydroxyl groups is 1. The lowest BCUT2D eigenvalue weighted by molar-refractivity contribution is 0.0314. The highest BCUT2D eigenvalue weighted by Crippen LogP contribution is 2.14. The predicted octanol–water partition coefficient (Wildman–Crippen LogP) is 3.57. The SMILES string of the molecule is CCCCCCCCCCC(N)(O)CC. The molecule has 0 aromatic carbocycles. The molecule has 0 radical (unpaired) electrons. The molecule has 0 amide bonds. The summed E-state index contributed by atoms with van der Waals surface area (Å²) in [5.41, 5.74) is 4.74. The van der Waals surface area contributed by atoms with Gasteiger partial charge in [0.25, 0.3) is 0 Å². The molecular formula is C13H29NO. The van der Waals surface area contributed by atoms with Gasteiger partial charge in [0.2, 0.25) is 0 Å². The van der Waals surface area contributed by atoms with E-state index in [0.29, 0.717) is 6.42 Å². The van der Waals surface area contributed by atoms with Gasteiger partial charge in [-0.25, -0.2) is 0 Å². The molecule has 0 heterocycles. The van der Waals surface area contributed by atoms with E-state index in [1.165, 1.54) is 44.9 Å². The first-order chi connectivity index (χ1) is 7.12. The summed E-state index contributed by atoms with van der Waals surface area (Å²) in [6.07, 6.45) is 11.8. The van der Waals surface area contributed by atoms with Crippen LogP contribution in [-0.2, 0) is 0 Å². The minimum atomic E-state index is -0.914. The van der Waals surface area contributed by atoms with Crippen molar-refractivity contribution >= 4 is 0 Å². The van der Waals surface area contributed by atoms with E-state index in [4.69, 9.17) is 5.73 Å². The predicted molar refractivity (Wildman–Crippen MR) is 66.7 cm³/mol. The lowest BCUT2D eigenvalue weighted by Crippen LogP contribution is -2.38. The average Bonchev–Trinajstić information content (AvgIpc) is 2.22. The van der Waals surface area contributed by atoms with E-state index in [9.17, 15) is 5.11 Å². The van der Waals surface area contributed by atoms with Crippen molar-refractivity contribution in [2.24, 2.45) is 5.73 Å². The summed E-state index contributed by atoms with van der Waals surface area (Å²) in [6, 6.07) is 0. The van der Waals surface area contributed by atoms with Crippen LogP contribution in [0.15, 0.2) is 0 Å². The van der Waals surface area contributed by atoms with E-state index < -0.39 is 5.72 Å². The first kappa shape index (κ1) is 14.9. The second-order valence-electron chi connectivity index (χ2n) is 4.68. The molecule has 0 aliphatic heterocycles. The van der Waals surface area contributed by atoms with Crippen LogP contribution in [0.25, 0.3) is 0 Å². The van der Waals surface area contributed by atoms with Gasteiger partial charge in [0.1, 0.15) is 5.72 Å². The van der Waals surface area contributed by atoms with E-state index >= 15 is 0 Å². The van der Waals surface area contributed by atoms with Crippen LogP contribution >= 0.6 is 0 Å². The van der Waals surface area contributed by atoms with Crippen molar-refractivity contribution in [1.82, 2.24) is 0 Å². The highest BCUT2D eigenvalue weighted by atomic mass is 16.3. The van der Waals surface area contributed by atoms with Gasteiger partial charge in [-0.2, -0.15) is 0 Å². The number of hydrogen-bond acceptors (Lipinski definition) is 2. The summed E-state index contributed by atoms with van der Waals surface area (Å²) in [5, 5.41) is 9.57. The van der Waals surface area contributed by atoms with Gasteiger partial charge in [0, 0.05) is 0 Å². The first-order valence-electron chi connectivity index (χ1n) is 6.63. The molecule has 2 nitrogen and oxygen atoms in total. The molecule has 3 N–H and O–H groups in total. The fraction of sp³-hybridized carbons (Fsp3) is 1.00. The van der Waals surface area contributed by atoms with Gasteiger partial charge in [-0.3, -0.25) is 0 Å². The summed E-state index contributed by atoms with van der Waals surface area (Å²) in [7, 11) is 0. The Hall–Kier alpha value is -0.0800.